The van der Waals surface area contributed by atoms with Crippen molar-refractivity contribution in [3.8, 4) is 5.75 Å². The van der Waals surface area contributed by atoms with Crippen molar-refractivity contribution in [1.82, 2.24) is 0 Å². The van der Waals surface area contributed by atoms with Gasteiger partial charge in [-0.15, -0.1) is 11.3 Å². The largest absolute Gasteiger partial charge is 0.506 e. The van der Waals surface area contributed by atoms with E-state index in [1.54, 1.807) is 12.1 Å². The molecule has 0 aliphatic heterocycles. The van der Waals surface area contributed by atoms with Gasteiger partial charge in [0.05, 0.1) is 18.2 Å². The number of carbonyl (C=O) groups is 1. The number of phenols is 1. The lowest BCUT2D eigenvalue weighted by atomic mass is 10.2. The number of aromatic hydroxyl groups is 1. The molecule has 0 unspecified atom stereocenters. The third kappa shape index (κ3) is 1.94. The Balaban J connectivity index is 2.39. The van der Waals surface area contributed by atoms with Crippen molar-refractivity contribution < 1.29 is 14.6 Å². The van der Waals surface area contributed by atoms with Crippen LogP contribution in [0.4, 0.5) is 0 Å². The van der Waals surface area contributed by atoms with E-state index in [1.165, 1.54) is 18.4 Å². The molecule has 0 aliphatic rings. The third-order valence-corrected chi connectivity index (χ3v) is 3.29. The summed E-state index contributed by atoms with van der Waals surface area (Å²) in [7, 11) is 1.37. The quantitative estimate of drug-likeness (QED) is 0.793. The van der Waals surface area contributed by atoms with Crippen LogP contribution in [0.2, 0.25) is 0 Å². The van der Waals surface area contributed by atoms with Gasteiger partial charge in [-0.3, -0.25) is 4.79 Å². The molecular weight excluding hydrogens is 212 g/mol. The Labute approximate surface area is 90.9 Å². The molecule has 2 rings (SSSR count). The number of fused-ring (bicyclic) bond motifs is 1. The Kier molecular flexibility index (Phi) is 2.60. The summed E-state index contributed by atoms with van der Waals surface area (Å²) in [6.07, 6.45) is 0.259. The molecule has 78 valence electrons. The van der Waals surface area contributed by atoms with Crippen molar-refractivity contribution in [2.75, 3.05) is 7.11 Å². The molecule has 1 N–H and O–H groups in total. The fourth-order valence-electron chi connectivity index (χ4n) is 1.40. The summed E-state index contributed by atoms with van der Waals surface area (Å²) in [4.78, 5) is 12.0. The van der Waals surface area contributed by atoms with E-state index < -0.39 is 0 Å². The van der Waals surface area contributed by atoms with Crippen molar-refractivity contribution in [3.05, 3.63) is 29.1 Å². The number of hydrogen-bond acceptors (Lipinski definition) is 4. The Morgan fingerprint density at radius 1 is 1.53 bits per heavy atom. The van der Waals surface area contributed by atoms with Crippen LogP contribution >= 0.6 is 11.3 Å². The lowest BCUT2D eigenvalue weighted by Crippen LogP contribution is -2.02. The minimum absolute atomic E-state index is 0.258. The highest BCUT2D eigenvalue weighted by atomic mass is 32.1. The Morgan fingerprint density at radius 3 is 3.00 bits per heavy atom. The first-order valence-electron chi connectivity index (χ1n) is 4.48. The highest BCUT2D eigenvalue weighted by Gasteiger charge is 2.08. The zero-order valence-corrected chi connectivity index (χ0v) is 9.00. The maximum atomic E-state index is 11.1. The smallest absolute Gasteiger partial charge is 0.310 e. The van der Waals surface area contributed by atoms with Gasteiger partial charge in [-0.1, -0.05) is 12.1 Å². The number of esters is 1. The third-order valence-electron chi connectivity index (χ3n) is 2.12. The summed E-state index contributed by atoms with van der Waals surface area (Å²) in [6, 6.07) is 7.23. The molecule has 1 aromatic heterocycles. The number of rotatable bonds is 2. The zero-order valence-electron chi connectivity index (χ0n) is 8.19. The van der Waals surface area contributed by atoms with Crippen LogP contribution in [0.5, 0.6) is 5.75 Å². The number of phenolic OH excluding ortho intramolecular Hbond substituents is 1. The predicted molar refractivity (Wildman–Crippen MR) is 59.2 cm³/mol. The molecule has 3 nitrogen and oxygen atoms in total. The lowest BCUT2D eigenvalue weighted by molar-refractivity contribution is -0.139. The van der Waals surface area contributed by atoms with E-state index >= 15 is 0 Å². The maximum Gasteiger partial charge on any atom is 0.310 e. The molecule has 0 saturated carbocycles. The van der Waals surface area contributed by atoms with Gasteiger partial charge < -0.3 is 9.84 Å². The van der Waals surface area contributed by atoms with Crippen LogP contribution in [0.3, 0.4) is 0 Å². The summed E-state index contributed by atoms with van der Waals surface area (Å²) < 4.78 is 5.40. The van der Waals surface area contributed by atoms with Crippen molar-refractivity contribution in [2.45, 2.75) is 6.42 Å². The molecule has 1 heterocycles. The van der Waals surface area contributed by atoms with E-state index in [2.05, 4.69) is 4.74 Å². The van der Waals surface area contributed by atoms with Gasteiger partial charge in [-0.25, -0.2) is 0 Å². The van der Waals surface area contributed by atoms with E-state index in [1.807, 2.05) is 12.1 Å². The van der Waals surface area contributed by atoms with Crippen molar-refractivity contribution in [3.63, 3.8) is 0 Å². The number of benzene rings is 1. The highest BCUT2D eigenvalue weighted by Crippen LogP contribution is 2.32. The molecule has 0 aliphatic carbocycles. The van der Waals surface area contributed by atoms with Gasteiger partial charge in [-0.05, 0) is 17.5 Å². The molecule has 1 aromatic carbocycles. The average molecular weight is 222 g/mol. The van der Waals surface area contributed by atoms with Gasteiger partial charge in [0.15, 0.2) is 0 Å². The molecule has 15 heavy (non-hydrogen) atoms. The molecule has 0 fully saturated rings. The minimum Gasteiger partial charge on any atom is -0.506 e. The summed E-state index contributed by atoms with van der Waals surface area (Å²) in [6.45, 7) is 0. The van der Waals surface area contributed by atoms with Crippen LogP contribution in [0.15, 0.2) is 24.3 Å². The SMILES string of the molecule is COC(=O)Cc1cc2cccc(O)c2s1. The van der Waals surface area contributed by atoms with E-state index in [9.17, 15) is 9.90 Å². The van der Waals surface area contributed by atoms with Gasteiger partial charge in [0.1, 0.15) is 5.75 Å². The van der Waals surface area contributed by atoms with E-state index in [-0.39, 0.29) is 18.1 Å². The fourth-order valence-corrected chi connectivity index (χ4v) is 2.46. The normalized spacial score (nSPS) is 10.5. The molecule has 0 bridgehead atoms. The molecular formula is C11H10O3S. The molecule has 0 spiro atoms. The topological polar surface area (TPSA) is 46.5 Å². The zero-order chi connectivity index (χ0) is 10.8. The monoisotopic (exact) mass is 222 g/mol. The first-order chi connectivity index (χ1) is 7.20. The van der Waals surface area contributed by atoms with Crippen LogP contribution in [-0.2, 0) is 16.0 Å². The van der Waals surface area contributed by atoms with Crippen LogP contribution in [-0.4, -0.2) is 18.2 Å². The summed E-state index contributed by atoms with van der Waals surface area (Å²) in [5.41, 5.74) is 0. The van der Waals surface area contributed by atoms with Gasteiger partial charge in [-0.2, -0.15) is 0 Å². The van der Waals surface area contributed by atoms with Gasteiger partial charge in [0, 0.05) is 4.88 Å². The molecule has 0 atom stereocenters. The predicted octanol–water partition coefficient (Wildman–Crippen LogP) is 2.32. The fraction of sp³-hybridized carbons (Fsp3) is 0.182. The average Bonchev–Trinajstić information content (AvgIpc) is 2.62. The number of methoxy groups -OCH3 is 1. The summed E-state index contributed by atoms with van der Waals surface area (Å²) >= 11 is 1.42. The van der Waals surface area contributed by atoms with Crippen molar-refractivity contribution >= 4 is 27.4 Å². The molecule has 2 aromatic rings. The lowest BCUT2D eigenvalue weighted by Gasteiger charge is -1.93. The van der Waals surface area contributed by atoms with Crippen molar-refractivity contribution in [2.24, 2.45) is 0 Å². The summed E-state index contributed by atoms with van der Waals surface area (Å²) in [5.74, 6) is -0.00494. The van der Waals surface area contributed by atoms with Gasteiger partial charge in [0.2, 0.25) is 0 Å². The van der Waals surface area contributed by atoms with Crippen LogP contribution in [0, 0.1) is 0 Å². The second-order valence-electron chi connectivity index (χ2n) is 3.16. The van der Waals surface area contributed by atoms with Crippen LogP contribution in [0.1, 0.15) is 4.88 Å². The number of ether oxygens (including phenoxy) is 1. The van der Waals surface area contributed by atoms with E-state index in [4.69, 9.17) is 0 Å². The molecule has 0 amide bonds. The molecule has 4 heteroatoms. The second kappa shape index (κ2) is 3.90. The Hall–Kier alpha value is -1.55. The van der Waals surface area contributed by atoms with Crippen LogP contribution < -0.4 is 0 Å². The summed E-state index contributed by atoms with van der Waals surface area (Å²) in [5, 5.41) is 10.5. The first kappa shape index (κ1) is 9.98. The van der Waals surface area contributed by atoms with Crippen LogP contribution in [0.25, 0.3) is 10.1 Å². The van der Waals surface area contributed by atoms with E-state index in [0.717, 1.165) is 15.0 Å². The number of carbonyl (C=O) groups excluding carboxylic acids is 1. The highest BCUT2D eigenvalue weighted by molar-refractivity contribution is 7.19. The second-order valence-corrected chi connectivity index (χ2v) is 4.30. The molecule has 0 radical (unpaired) electrons. The van der Waals surface area contributed by atoms with Gasteiger partial charge >= 0.3 is 5.97 Å². The number of hydrogen-bond donors (Lipinski definition) is 1. The first-order valence-corrected chi connectivity index (χ1v) is 5.29. The van der Waals surface area contributed by atoms with Crippen molar-refractivity contribution in [1.29, 1.82) is 0 Å². The van der Waals surface area contributed by atoms with Gasteiger partial charge in [0.25, 0.3) is 0 Å². The standard InChI is InChI=1S/C11H10O3S/c1-14-10(13)6-8-5-7-3-2-4-9(12)11(7)15-8/h2-5,12H,6H2,1H3. The Bertz CT molecular complexity index is 502. The number of thiophene rings is 1. The molecule has 0 saturated heterocycles. The maximum absolute atomic E-state index is 11.1. The van der Waals surface area contributed by atoms with E-state index in [0.29, 0.717) is 0 Å². The Morgan fingerprint density at radius 2 is 2.33 bits per heavy atom. The minimum atomic E-state index is -0.263.